The molecule has 2 heterocycles. The molecule has 1 fully saturated rings. The molecule has 0 N–H and O–H groups in total. The molecule has 0 radical (unpaired) electrons. The van der Waals surface area contributed by atoms with E-state index in [9.17, 15) is 14.4 Å². The number of nitrogens with zero attached hydrogens (tertiary/aromatic N) is 2. The molecule has 1 amide bonds. The summed E-state index contributed by atoms with van der Waals surface area (Å²) >= 11 is 0. The Kier molecular flexibility index (Phi) is 3.89. The number of hydrogen-bond acceptors (Lipinski definition) is 5. The van der Waals surface area contributed by atoms with Crippen molar-refractivity contribution in [1.82, 2.24) is 9.88 Å². The van der Waals surface area contributed by atoms with Crippen molar-refractivity contribution < 1.29 is 19.1 Å². The summed E-state index contributed by atoms with van der Waals surface area (Å²) in [7, 11) is 1.27. The first kappa shape index (κ1) is 13.2. The Morgan fingerprint density at radius 1 is 1.42 bits per heavy atom. The second-order valence-corrected chi connectivity index (χ2v) is 4.25. The van der Waals surface area contributed by atoms with Gasteiger partial charge in [-0.3, -0.25) is 14.6 Å². The fourth-order valence-corrected chi connectivity index (χ4v) is 2.14. The zero-order valence-electron chi connectivity index (χ0n) is 10.5. The maximum absolute atomic E-state index is 12.1. The Balaban J connectivity index is 2.15. The summed E-state index contributed by atoms with van der Waals surface area (Å²) < 4.78 is 4.64. The molecule has 6 heteroatoms. The van der Waals surface area contributed by atoms with Gasteiger partial charge in [0, 0.05) is 24.5 Å². The lowest BCUT2D eigenvalue weighted by molar-refractivity contribution is -0.149. The highest BCUT2D eigenvalue weighted by atomic mass is 16.5. The lowest BCUT2D eigenvalue weighted by Crippen LogP contribution is -2.44. The summed E-state index contributed by atoms with van der Waals surface area (Å²) in [5.74, 6) is -1.81. The van der Waals surface area contributed by atoms with Gasteiger partial charge in [-0.25, -0.2) is 4.79 Å². The Labute approximate surface area is 110 Å². The van der Waals surface area contributed by atoms with Crippen molar-refractivity contribution in [2.75, 3.05) is 13.7 Å². The van der Waals surface area contributed by atoms with Gasteiger partial charge in [-0.1, -0.05) is 0 Å². The minimum atomic E-state index is -0.680. The third-order valence-corrected chi connectivity index (χ3v) is 3.10. The van der Waals surface area contributed by atoms with Crippen LogP contribution in [0.25, 0.3) is 0 Å². The largest absolute Gasteiger partial charge is 0.467 e. The fourth-order valence-electron chi connectivity index (χ4n) is 2.14. The second kappa shape index (κ2) is 5.60. The number of rotatable bonds is 3. The highest BCUT2D eigenvalue weighted by Crippen LogP contribution is 2.19. The normalized spacial score (nSPS) is 18.2. The summed E-state index contributed by atoms with van der Waals surface area (Å²) in [6, 6.07) is 2.46. The van der Waals surface area contributed by atoms with Gasteiger partial charge in [0.1, 0.15) is 6.04 Å². The number of likely N-dealkylation sites (tertiary alicyclic amines) is 1. The van der Waals surface area contributed by atoms with Crippen LogP contribution < -0.4 is 0 Å². The number of hydrogen-bond donors (Lipinski definition) is 0. The average molecular weight is 262 g/mol. The molecule has 6 nitrogen and oxygen atoms in total. The van der Waals surface area contributed by atoms with Gasteiger partial charge in [-0.15, -0.1) is 0 Å². The standard InChI is InChI=1S/C13H14N2O4/c1-19-13(18)10-5-3-7-15(10)12(17)11(16)9-4-2-6-14-8-9/h2,4,6,8,10H,3,5,7H2,1H3. The number of Topliss-reactive ketones (excluding diaryl/α,β-unsaturated/α-hetero) is 1. The molecule has 1 aromatic heterocycles. The molecule has 0 aromatic carbocycles. The van der Waals surface area contributed by atoms with Gasteiger partial charge in [-0.2, -0.15) is 0 Å². The fraction of sp³-hybridized carbons (Fsp3) is 0.385. The van der Waals surface area contributed by atoms with Gasteiger partial charge < -0.3 is 9.64 Å². The van der Waals surface area contributed by atoms with Crippen molar-refractivity contribution in [3.05, 3.63) is 30.1 Å². The molecule has 2 rings (SSSR count). The van der Waals surface area contributed by atoms with E-state index in [2.05, 4.69) is 9.72 Å². The van der Waals surface area contributed by atoms with Crippen LogP contribution in [0.4, 0.5) is 0 Å². The van der Waals surface area contributed by atoms with E-state index in [-0.39, 0.29) is 5.56 Å². The van der Waals surface area contributed by atoms with E-state index < -0.39 is 23.7 Å². The minimum Gasteiger partial charge on any atom is -0.467 e. The number of methoxy groups -OCH3 is 1. The molecule has 1 aliphatic heterocycles. The molecular weight excluding hydrogens is 248 g/mol. The van der Waals surface area contributed by atoms with E-state index in [0.717, 1.165) is 0 Å². The lowest BCUT2D eigenvalue weighted by atomic mass is 10.1. The average Bonchev–Trinajstić information content (AvgIpc) is 2.95. The van der Waals surface area contributed by atoms with E-state index in [0.29, 0.717) is 19.4 Å². The topological polar surface area (TPSA) is 76.6 Å². The maximum Gasteiger partial charge on any atom is 0.328 e. The zero-order valence-corrected chi connectivity index (χ0v) is 10.5. The molecule has 0 bridgehead atoms. The summed E-state index contributed by atoms with van der Waals surface area (Å²) in [6.07, 6.45) is 4.07. The van der Waals surface area contributed by atoms with Crippen LogP contribution in [0.2, 0.25) is 0 Å². The predicted octanol–water partition coefficient (Wildman–Crippen LogP) is 0.428. The first-order chi connectivity index (χ1) is 9.15. The second-order valence-electron chi connectivity index (χ2n) is 4.25. The van der Waals surface area contributed by atoms with Crippen LogP contribution in [0.5, 0.6) is 0 Å². The number of pyridine rings is 1. The Morgan fingerprint density at radius 3 is 2.84 bits per heavy atom. The third kappa shape index (κ3) is 2.62. The smallest absolute Gasteiger partial charge is 0.328 e. The highest BCUT2D eigenvalue weighted by molar-refractivity contribution is 6.43. The van der Waals surface area contributed by atoms with Crippen LogP contribution in [0.1, 0.15) is 23.2 Å². The molecule has 19 heavy (non-hydrogen) atoms. The summed E-state index contributed by atoms with van der Waals surface area (Å²) in [4.78, 5) is 40.8. The first-order valence-corrected chi connectivity index (χ1v) is 5.98. The summed E-state index contributed by atoms with van der Waals surface area (Å²) in [6.45, 7) is 0.393. The molecule has 0 spiro atoms. The van der Waals surface area contributed by atoms with E-state index in [1.54, 1.807) is 6.07 Å². The van der Waals surface area contributed by atoms with E-state index >= 15 is 0 Å². The molecule has 1 atom stereocenters. The van der Waals surface area contributed by atoms with E-state index in [4.69, 9.17) is 0 Å². The van der Waals surface area contributed by atoms with Gasteiger partial charge in [0.2, 0.25) is 0 Å². The van der Waals surface area contributed by atoms with Crippen LogP contribution in [0.3, 0.4) is 0 Å². The van der Waals surface area contributed by atoms with Crippen LogP contribution >= 0.6 is 0 Å². The van der Waals surface area contributed by atoms with Crippen LogP contribution in [-0.2, 0) is 14.3 Å². The number of aromatic nitrogens is 1. The molecule has 100 valence electrons. The molecule has 1 unspecified atom stereocenters. The monoisotopic (exact) mass is 262 g/mol. The number of carbonyl (C=O) groups is 3. The zero-order chi connectivity index (χ0) is 13.8. The van der Waals surface area contributed by atoms with Crippen molar-refractivity contribution in [3.8, 4) is 0 Å². The number of carbonyl (C=O) groups excluding carboxylic acids is 3. The van der Waals surface area contributed by atoms with Gasteiger partial charge in [0.15, 0.2) is 0 Å². The van der Waals surface area contributed by atoms with Gasteiger partial charge >= 0.3 is 5.97 Å². The number of esters is 1. The van der Waals surface area contributed by atoms with Gasteiger partial charge in [-0.05, 0) is 25.0 Å². The Bertz CT molecular complexity index is 501. The van der Waals surface area contributed by atoms with E-state index in [1.165, 1.54) is 30.5 Å². The van der Waals surface area contributed by atoms with Crippen molar-refractivity contribution in [3.63, 3.8) is 0 Å². The summed E-state index contributed by atoms with van der Waals surface area (Å²) in [5, 5.41) is 0. The van der Waals surface area contributed by atoms with Crippen molar-refractivity contribution in [2.45, 2.75) is 18.9 Å². The molecular formula is C13H14N2O4. The quantitative estimate of drug-likeness (QED) is 0.448. The van der Waals surface area contributed by atoms with E-state index in [1.807, 2.05) is 0 Å². The van der Waals surface area contributed by atoms with Gasteiger partial charge in [0.05, 0.1) is 7.11 Å². The number of ether oxygens (including phenoxy) is 1. The van der Waals surface area contributed by atoms with Crippen molar-refractivity contribution >= 4 is 17.7 Å². The third-order valence-electron chi connectivity index (χ3n) is 3.10. The molecule has 0 saturated carbocycles. The molecule has 1 aromatic rings. The predicted molar refractivity (Wildman–Crippen MR) is 65.3 cm³/mol. The van der Waals surface area contributed by atoms with Crippen LogP contribution in [0.15, 0.2) is 24.5 Å². The lowest BCUT2D eigenvalue weighted by Gasteiger charge is -2.21. The highest BCUT2D eigenvalue weighted by Gasteiger charge is 2.37. The maximum atomic E-state index is 12.1. The Morgan fingerprint density at radius 2 is 2.21 bits per heavy atom. The van der Waals surface area contributed by atoms with Crippen molar-refractivity contribution in [2.24, 2.45) is 0 Å². The molecule has 1 saturated heterocycles. The van der Waals surface area contributed by atoms with Crippen LogP contribution in [0, 0.1) is 0 Å². The summed E-state index contributed by atoms with van der Waals surface area (Å²) in [5.41, 5.74) is 0.225. The number of ketones is 1. The molecule has 0 aliphatic carbocycles. The van der Waals surface area contributed by atoms with Crippen LogP contribution in [-0.4, -0.2) is 47.2 Å². The Hall–Kier alpha value is -2.24. The molecule has 1 aliphatic rings. The first-order valence-electron chi connectivity index (χ1n) is 5.98. The van der Waals surface area contributed by atoms with Gasteiger partial charge in [0.25, 0.3) is 11.7 Å². The minimum absolute atomic E-state index is 0.225. The SMILES string of the molecule is COC(=O)C1CCCN1C(=O)C(=O)c1cccnc1. The number of amides is 1. The van der Waals surface area contributed by atoms with Crippen molar-refractivity contribution in [1.29, 1.82) is 0 Å².